The fourth-order valence-corrected chi connectivity index (χ4v) is 2.00. The molecule has 0 saturated heterocycles. The van der Waals surface area contributed by atoms with Crippen LogP contribution in [0.3, 0.4) is 0 Å². The van der Waals surface area contributed by atoms with Crippen molar-refractivity contribution in [3.05, 3.63) is 41.6 Å². The Bertz CT molecular complexity index is 602. The molecular formula is C15H20N4O2. The maximum atomic E-state index is 11.8. The molecule has 6 heteroatoms. The molecule has 2 aromatic rings. The van der Waals surface area contributed by atoms with Gasteiger partial charge in [-0.25, -0.2) is 4.79 Å². The highest BCUT2D eigenvalue weighted by Crippen LogP contribution is 2.17. The molecule has 0 radical (unpaired) electrons. The van der Waals surface area contributed by atoms with E-state index >= 15 is 0 Å². The highest BCUT2D eigenvalue weighted by atomic mass is 16.5. The minimum Gasteiger partial charge on any atom is -0.496 e. The Labute approximate surface area is 124 Å². The average Bonchev–Trinajstić information content (AvgIpc) is 2.77. The first-order valence-corrected chi connectivity index (χ1v) is 6.77. The second-order valence-corrected chi connectivity index (χ2v) is 4.74. The second-order valence-electron chi connectivity index (χ2n) is 4.74. The van der Waals surface area contributed by atoms with E-state index in [-0.39, 0.29) is 6.03 Å². The summed E-state index contributed by atoms with van der Waals surface area (Å²) in [7, 11) is 3.47. The van der Waals surface area contributed by atoms with Crippen molar-refractivity contribution in [1.82, 2.24) is 15.1 Å². The van der Waals surface area contributed by atoms with E-state index in [1.54, 1.807) is 11.8 Å². The molecule has 21 heavy (non-hydrogen) atoms. The van der Waals surface area contributed by atoms with Crippen LogP contribution in [0.2, 0.25) is 0 Å². The number of aromatic nitrogens is 2. The molecule has 0 saturated carbocycles. The number of aryl methyl sites for hydroxylation is 2. The van der Waals surface area contributed by atoms with Gasteiger partial charge in [0.1, 0.15) is 5.75 Å². The van der Waals surface area contributed by atoms with Crippen LogP contribution in [0.15, 0.2) is 30.3 Å². The van der Waals surface area contributed by atoms with E-state index in [1.165, 1.54) is 0 Å². The normalized spacial score (nSPS) is 10.2. The minimum absolute atomic E-state index is 0.261. The number of para-hydroxylation sites is 1. The van der Waals surface area contributed by atoms with Gasteiger partial charge >= 0.3 is 6.03 Å². The first-order chi connectivity index (χ1) is 10.1. The fourth-order valence-electron chi connectivity index (χ4n) is 2.00. The van der Waals surface area contributed by atoms with E-state index in [9.17, 15) is 4.79 Å². The van der Waals surface area contributed by atoms with Crippen molar-refractivity contribution in [2.24, 2.45) is 7.05 Å². The van der Waals surface area contributed by atoms with Crippen LogP contribution in [0.1, 0.15) is 11.3 Å². The molecule has 0 bridgehead atoms. The van der Waals surface area contributed by atoms with E-state index in [2.05, 4.69) is 15.7 Å². The summed E-state index contributed by atoms with van der Waals surface area (Å²) in [5.74, 6) is 1.38. The van der Waals surface area contributed by atoms with Crippen LogP contribution < -0.4 is 15.4 Å². The lowest BCUT2D eigenvalue weighted by Gasteiger charge is -2.09. The van der Waals surface area contributed by atoms with E-state index in [1.807, 2.05) is 44.3 Å². The van der Waals surface area contributed by atoms with Crippen LogP contribution in [0.5, 0.6) is 5.75 Å². The van der Waals surface area contributed by atoms with Crippen LogP contribution >= 0.6 is 0 Å². The summed E-state index contributed by atoms with van der Waals surface area (Å²) < 4.78 is 6.99. The van der Waals surface area contributed by atoms with Crippen molar-refractivity contribution in [2.75, 3.05) is 19.0 Å². The molecule has 0 unspecified atom stereocenters. The molecule has 0 aliphatic rings. The van der Waals surface area contributed by atoms with Gasteiger partial charge < -0.3 is 10.1 Å². The van der Waals surface area contributed by atoms with Crippen LogP contribution in [0.25, 0.3) is 0 Å². The van der Waals surface area contributed by atoms with Gasteiger partial charge in [-0.15, -0.1) is 0 Å². The van der Waals surface area contributed by atoms with Gasteiger partial charge in [0.05, 0.1) is 7.11 Å². The van der Waals surface area contributed by atoms with Gasteiger partial charge in [-0.2, -0.15) is 5.10 Å². The van der Waals surface area contributed by atoms with Crippen LogP contribution in [-0.4, -0.2) is 29.5 Å². The van der Waals surface area contributed by atoms with E-state index in [0.717, 1.165) is 17.0 Å². The number of carbonyl (C=O) groups excluding carboxylic acids is 1. The van der Waals surface area contributed by atoms with E-state index in [0.29, 0.717) is 18.8 Å². The molecule has 0 aliphatic heterocycles. The summed E-state index contributed by atoms with van der Waals surface area (Å²) in [6.45, 7) is 2.45. The number of hydrogen-bond donors (Lipinski definition) is 2. The van der Waals surface area contributed by atoms with Crippen molar-refractivity contribution < 1.29 is 9.53 Å². The first-order valence-electron chi connectivity index (χ1n) is 6.77. The van der Waals surface area contributed by atoms with Crippen LogP contribution in [-0.2, 0) is 13.5 Å². The topological polar surface area (TPSA) is 68.2 Å². The Morgan fingerprint density at radius 3 is 2.81 bits per heavy atom. The SMILES string of the molecule is COc1ccccc1CCNC(=O)Nc1cc(C)n(C)n1. The molecule has 1 heterocycles. The number of amides is 2. The minimum atomic E-state index is -0.261. The average molecular weight is 288 g/mol. The number of urea groups is 1. The van der Waals surface area contributed by atoms with Crippen molar-refractivity contribution in [3.63, 3.8) is 0 Å². The summed E-state index contributed by atoms with van der Waals surface area (Å²) in [5, 5.41) is 9.68. The number of ether oxygens (including phenoxy) is 1. The van der Waals surface area contributed by atoms with Crippen molar-refractivity contribution in [3.8, 4) is 5.75 Å². The Morgan fingerprint density at radius 2 is 2.14 bits per heavy atom. The summed E-state index contributed by atoms with van der Waals surface area (Å²) in [4.78, 5) is 11.8. The zero-order valence-electron chi connectivity index (χ0n) is 12.5. The Hall–Kier alpha value is -2.50. The summed E-state index contributed by atoms with van der Waals surface area (Å²) in [5.41, 5.74) is 2.05. The van der Waals surface area contributed by atoms with Crippen LogP contribution in [0, 0.1) is 6.92 Å². The molecule has 0 spiro atoms. The zero-order valence-corrected chi connectivity index (χ0v) is 12.5. The largest absolute Gasteiger partial charge is 0.496 e. The predicted octanol–water partition coefficient (Wildman–Crippen LogP) is 2.10. The molecule has 2 N–H and O–H groups in total. The van der Waals surface area contributed by atoms with Gasteiger partial charge in [0, 0.05) is 25.4 Å². The predicted molar refractivity (Wildman–Crippen MR) is 81.7 cm³/mol. The van der Waals surface area contributed by atoms with Gasteiger partial charge in [-0.05, 0) is 25.0 Å². The summed E-state index contributed by atoms with van der Waals surface area (Å²) in [6, 6.07) is 9.33. The number of hydrogen-bond acceptors (Lipinski definition) is 3. The lowest BCUT2D eigenvalue weighted by Crippen LogP contribution is -2.30. The zero-order chi connectivity index (χ0) is 15.2. The molecule has 0 aliphatic carbocycles. The first kappa shape index (κ1) is 14.9. The van der Waals surface area contributed by atoms with Crippen molar-refractivity contribution in [1.29, 1.82) is 0 Å². The summed E-state index contributed by atoms with van der Waals surface area (Å²) >= 11 is 0. The monoisotopic (exact) mass is 288 g/mol. The van der Waals surface area contributed by atoms with E-state index in [4.69, 9.17) is 4.74 Å². The Balaban J connectivity index is 1.81. The fraction of sp³-hybridized carbons (Fsp3) is 0.333. The number of methoxy groups -OCH3 is 1. The van der Waals surface area contributed by atoms with Gasteiger partial charge in [-0.1, -0.05) is 18.2 Å². The number of nitrogens with one attached hydrogen (secondary N) is 2. The molecule has 1 aromatic heterocycles. The quantitative estimate of drug-likeness (QED) is 0.885. The van der Waals surface area contributed by atoms with E-state index < -0.39 is 0 Å². The lowest BCUT2D eigenvalue weighted by molar-refractivity contribution is 0.252. The van der Waals surface area contributed by atoms with Gasteiger partial charge in [-0.3, -0.25) is 10.00 Å². The molecule has 0 fully saturated rings. The number of anilines is 1. The van der Waals surface area contributed by atoms with Crippen LogP contribution in [0.4, 0.5) is 10.6 Å². The maximum absolute atomic E-state index is 11.8. The van der Waals surface area contributed by atoms with Crippen molar-refractivity contribution in [2.45, 2.75) is 13.3 Å². The number of benzene rings is 1. The molecule has 0 atom stereocenters. The summed E-state index contributed by atoms with van der Waals surface area (Å²) in [6.07, 6.45) is 0.707. The van der Waals surface area contributed by atoms with Gasteiger partial charge in [0.2, 0.25) is 0 Å². The number of nitrogens with zero attached hydrogens (tertiary/aromatic N) is 2. The van der Waals surface area contributed by atoms with Gasteiger partial charge in [0.25, 0.3) is 0 Å². The lowest BCUT2D eigenvalue weighted by atomic mass is 10.1. The Kier molecular flexibility index (Phi) is 4.81. The molecule has 6 nitrogen and oxygen atoms in total. The third kappa shape index (κ3) is 3.98. The third-order valence-electron chi connectivity index (χ3n) is 3.23. The highest BCUT2D eigenvalue weighted by molar-refractivity contribution is 5.88. The molecule has 2 rings (SSSR count). The molecule has 1 aromatic carbocycles. The Morgan fingerprint density at radius 1 is 1.38 bits per heavy atom. The number of rotatable bonds is 5. The van der Waals surface area contributed by atoms with Crippen molar-refractivity contribution >= 4 is 11.8 Å². The number of carbonyl (C=O) groups is 1. The molecular weight excluding hydrogens is 268 g/mol. The maximum Gasteiger partial charge on any atom is 0.320 e. The standard InChI is InChI=1S/C15H20N4O2/c1-11-10-14(18-19(11)2)17-15(20)16-9-8-12-6-4-5-7-13(12)21-3/h4-7,10H,8-9H2,1-3H3,(H2,16,17,18,20). The third-order valence-corrected chi connectivity index (χ3v) is 3.23. The molecule has 2 amide bonds. The second kappa shape index (κ2) is 6.78. The smallest absolute Gasteiger partial charge is 0.320 e. The molecule has 112 valence electrons. The highest BCUT2D eigenvalue weighted by Gasteiger charge is 2.06. The van der Waals surface area contributed by atoms with Gasteiger partial charge in [0.15, 0.2) is 5.82 Å².